The summed E-state index contributed by atoms with van der Waals surface area (Å²) in [5, 5.41) is 3.42. The molecule has 0 unspecified atom stereocenters. The second-order valence-corrected chi connectivity index (χ2v) is 5.48. The van der Waals surface area contributed by atoms with E-state index in [1.165, 1.54) is 25.7 Å². The zero-order valence-corrected chi connectivity index (χ0v) is 12.2. The van der Waals surface area contributed by atoms with Crippen LogP contribution in [0.15, 0.2) is 40.4 Å². The van der Waals surface area contributed by atoms with Gasteiger partial charge in [-0.25, -0.2) is 0 Å². The lowest BCUT2D eigenvalue weighted by atomic mass is 10.2. The number of rotatable bonds is 7. The van der Waals surface area contributed by atoms with E-state index >= 15 is 0 Å². The summed E-state index contributed by atoms with van der Waals surface area (Å²) in [6, 6.07) is 7.96. The maximum atomic E-state index is 5.65. The summed E-state index contributed by atoms with van der Waals surface area (Å²) >= 11 is 3.43. The van der Waals surface area contributed by atoms with E-state index < -0.39 is 0 Å². The van der Waals surface area contributed by atoms with Crippen molar-refractivity contribution in [3.63, 3.8) is 0 Å². The summed E-state index contributed by atoms with van der Waals surface area (Å²) in [4.78, 5) is 0. The molecule has 0 saturated heterocycles. The van der Waals surface area contributed by atoms with Gasteiger partial charge in [-0.3, -0.25) is 0 Å². The highest BCUT2D eigenvalue weighted by Crippen LogP contribution is 2.19. The van der Waals surface area contributed by atoms with Crippen LogP contribution in [0.4, 0.5) is 0 Å². The molecule has 2 rings (SSSR count). The summed E-state index contributed by atoms with van der Waals surface area (Å²) in [7, 11) is 0. The molecule has 1 aliphatic rings. The van der Waals surface area contributed by atoms with Gasteiger partial charge in [-0.05, 0) is 50.4 Å². The van der Waals surface area contributed by atoms with Crippen LogP contribution in [0.25, 0.3) is 0 Å². The van der Waals surface area contributed by atoms with E-state index in [1.807, 2.05) is 24.3 Å². The first-order valence-corrected chi connectivity index (χ1v) is 7.41. The third kappa shape index (κ3) is 4.83. The van der Waals surface area contributed by atoms with Crippen LogP contribution in [0.5, 0.6) is 5.75 Å². The molecule has 1 N–H and O–H groups in total. The fourth-order valence-electron chi connectivity index (χ4n) is 2.14. The van der Waals surface area contributed by atoms with Crippen LogP contribution < -0.4 is 10.1 Å². The van der Waals surface area contributed by atoms with Crippen LogP contribution in [0.3, 0.4) is 0 Å². The number of benzene rings is 1. The minimum atomic E-state index is 0.718. The summed E-state index contributed by atoms with van der Waals surface area (Å²) in [6.07, 6.45) is 7.51. The van der Waals surface area contributed by atoms with Crippen molar-refractivity contribution in [2.24, 2.45) is 0 Å². The minimum absolute atomic E-state index is 0.718. The Morgan fingerprint density at radius 1 is 1.28 bits per heavy atom. The molecule has 0 fully saturated rings. The van der Waals surface area contributed by atoms with Gasteiger partial charge in [-0.1, -0.05) is 33.6 Å². The van der Waals surface area contributed by atoms with Crippen LogP contribution >= 0.6 is 15.9 Å². The largest absolute Gasteiger partial charge is 0.492 e. The van der Waals surface area contributed by atoms with Gasteiger partial charge in [0.05, 0.1) is 0 Å². The van der Waals surface area contributed by atoms with Gasteiger partial charge in [0, 0.05) is 11.0 Å². The number of halogens is 1. The molecule has 0 saturated carbocycles. The van der Waals surface area contributed by atoms with E-state index in [9.17, 15) is 0 Å². The van der Waals surface area contributed by atoms with Gasteiger partial charge in [0.2, 0.25) is 0 Å². The average molecular weight is 310 g/mol. The van der Waals surface area contributed by atoms with Crippen molar-refractivity contribution in [1.82, 2.24) is 5.32 Å². The first-order valence-electron chi connectivity index (χ1n) is 6.61. The van der Waals surface area contributed by atoms with Crippen LogP contribution in [-0.2, 0) is 0 Å². The Hall–Kier alpha value is -0.800. The van der Waals surface area contributed by atoms with Gasteiger partial charge < -0.3 is 10.1 Å². The van der Waals surface area contributed by atoms with Crippen molar-refractivity contribution in [2.75, 3.05) is 19.7 Å². The molecule has 0 spiro atoms. The SMILES string of the molecule is Brc1cccc(OCCNCCC2=CCCC2)c1. The number of hydrogen-bond acceptors (Lipinski definition) is 2. The Bertz CT molecular complexity index is 403. The van der Waals surface area contributed by atoms with E-state index in [2.05, 4.69) is 27.3 Å². The van der Waals surface area contributed by atoms with Crippen LogP contribution in [-0.4, -0.2) is 19.7 Å². The third-order valence-corrected chi connectivity index (χ3v) is 3.59. The van der Waals surface area contributed by atoms with Gasteiger partial charge in [0.25, 0.3) is 0 Å². The second-order valence-electron chi connectivity index (χ2n) is 4.56. The van der Waals surface area contributed by atoms with Crippen LogP contribution in [0, 0.1) is 0 Å². The molecule has 0 aromatic heterocycles. The average Bonchev–Trinajstić information content (AvgIpc) is 2.87. The molecular weight excluding hydrogens is 290 g/mol. The molecule has 18 heavy (non-hydrogen) atoms. The molecule has 2 nitrogen and oxygen atoms in total. The first-order chi connectivity index (χ1) is 8.84. The van der Waals surface area contributed by atoms with Gasteiger partial charge in [0.15, 0.2) is 0 Å². The first kappa shape index (κ1) is 13.6. The highest BCUT2D eigenvalue weighted by Gasteiger charge is 2.03. The quantitative estimate of drug-likeness (QED) is 0.609. The fraction of sp³-hybridized carbons (Fsp3) is 0.467. The summed E-state index contributed by atoms with van der Waals surface area (Å²) < 4.78 is 6.71. The van der Waals surface area contributed by atoms with Crippen molar-refractivity contribution >= 4 is 15.9 Å². The van der Waals surface area contributed by atoms with Crippen LogP contribution in [0.1, 0.15) is 25.7 Å². The van der Waals surface area contributed by atoms with E-state index in [0.717, 1.165) is 29.9 Å². The van der Waals surface area contributed by atoms with E-state index in [4.69, 9.17) is 4.74 Å². The Morgan fingerprint density at radius 2 is 2.22 bits per heavy atom. The molecular formula is C15H20BrNO. The minimum Gasteiger partial charge on any atom is -0.492 e. The number of hydrogen-bond donors (Lipinski definition) is 1. The highest BCUT2D eigenvalue weighted by atomic mass is 79.9. The molecule has 1 aliphatic carbocycles. The summed E-state index contributed by atoms with van der Waals surface area (Å²) in [5.41, 5.74) is 1.62. The van der Waals surface area contributed by atoms with E-state index in [-0.39, 0.29) is 0 Å². The van der Waals surface area contributed by atoms with Gasteiger partial charge >= 0.3 is 0 Å². The number of allylic oxidation sites excluding steroid dienone is 1. The maximum absolute atomic E-state index is 5.65. The molecule has 0 bridgehead atoms. The van der Waals surface area contributed by atoms with Crippen molar-refractivity contribution < 1.29 is 4.74 Å². The lowest BCUT2D eigenvalue weighted by Gasteiger charge is -2.08. The Morgan fingerprint density at radius 3 is 3.00 bits per heavy atom. The molecule has 0 atom stereocenters. The Kier molecular flexibility index (Phi) is 5.75. The van der Waals surface area contributed by atoms with E-state index in [1.54, 1.807) is 5.57 Å². The van der Waals surface area contributed by atoms with Crippen molar-refractivity contribution in [3.05, 3.63) is 40.4 Å². The smallest absolute Gasteiger partial charge is 0.120 e. The fourth-order valence-corrected chi connectivity index (χ4v) is 2.51. The van der Waals surface area contributed by atoms with Gasteiger partial charge in [0.1, 0.15) is 12.4 Å². The van der Waals surface area contributed by atoms with E-state index in [0.29, 0.717) is 0 Å². The zero-order chi connectivity index (χ0) is 12.6. The normalized spacial score (nSPS) is 14.6. The second kappa shape index (κ2) is 7.59. The lowest BCUT2D eigenvalue weighted by Crippen LogP contribution is -2.22. The van der Waals surface area contributed by atoms with Gasteiger partial charge in [-0.15, -0.1) is 0 Å². The predicted molar refractivity (Wildman–Crippen MR) is 79.1 cm³/mol. The molecule has 0 amide bonds. The predicted octanol–water partition coefficient (Wildman–Crippen LogP) is 3.92. The Balaban J connectivity index is 1.53. The molecule has 1 aromatic rings. The molecule has 0 aliphatic heterocycles. The highest BCUT2D eigenvalue weighted by molar-refractivity contribution is 9.10. The lowest BCUT2D eigenvalue weighted by molar-refractivity contribution is 0.314. The Labute approximate surface area is 118 Å². The third-order valence-electron chi connectivity index (χ3n) is 3.10. The summed E-state index contributed by atoms with van der Waals surface area (Å²) in [5.74, 6) is 0.921. The van der Waals surface area contributed by atoms with Crippen molar-refractivity contribution in [2.45, 2.75) is 25.7 Å². The topological polar surface area (TPSA) is 21.3 Å². The number of ether oxygens (including phenoxy) is 1. The summed E-state index contributed by atoms with van der Waals surface area (Å²) in [6.45, 7) is 2.68. The maximum Gasteiger partial charge on any atom is 0.120 e. The zero-order valence-electron chi connectivity index (χ0n) is 10.6. The van der Waals surface area contributed by atoms with Gasteiger partial charge in [-0.2, -0.15) is 0 Å². The van der Waals surface area contributed by atoms with Crippen molar-refractivity contribution in [1.29, 1.82) is 0 Å². The number of nitrogens with one attached hydrogen (secondary N) is 1. The van der Waals surface area contributed by atoms with Crippen LogP contribution in [0.2, 0.25) is 0 Å². The molecule has 98 valence electrons. The standard InChI is InChI=1S/C15H20BrNO/c16-14-6-3-7-15(12-14)18-11-10-17-9-8-13-4-1-2-5-13/h3-4,6-7,12,17H,1-2,5,8-11H2. The molecule has 3 heteroatoms. The molecule has 0 radical (unpaired) electrons. The molecule has 1 aromatic carbocycles. The molecule has 0 heterocycles. The monoisotopic (exact) mass is 309 g/mol. The van der Waals surface area contributed by atoms with Crippen molar-refractivity contribution in [3.8, 4) is 5.75 Å².